The van der Waals surface area contributed by atoms with Crippen LogP contribution in [0.5, 0.6) is 0 Å². The minimum atomic E-state index is -0.0230. The Labute approximate surface area is 97.1 Å². The van der Waals surface area contributed by atoms with E-state index in [1.54, 1.807) is 6.07 Å². The quantitative estimate of drug-likeness (QED) is 0.816. The van der Waals surface area contributed by atoms with Crippen molar-refractivity contribution >= 4 is 0 Å². The molecule has 1 aromatic carbocycles. The molecule has 1 aromatic rings. The Balaban J connectivity index is 2.27. The zero-order valence-corrected chi connectivity index (χ0v) is 10.1. The molecule has 0 amide bonds. The van der Waals surface area contributed by atoms with Gasteiger partial charge in [-0.2, -0.15) is 0 Å². The number of hydrogen-bond donors (Lipinski definition) is 1. The average Bonchev–Trinajstić information content (AvgIpc) is 2.66. The lowest BCUT2D eigenvalue weighted by Crippen LogP contribution is -2.20. The fourth-order valence-corrected chi connectivity index (χ4v) is 2.70. The molecule has 2 rings (SSSR count). The fourth-order valence-electron chi connectivity index (χ4n) is 2.70. The van der Waals surface area contributed by atoms with Crippen LogP contribution in [-0.2, 0) is 0 Å². The van der Waals surface area contributed by atoms with Gasteiger partial charge in [-0.25, -0.2) is 4.39 Å². The number of halogens is 1. The van der Waals surface area contributed by atoms with Crippen molar-refractivity contribution in [2.24, 2.45) is 0 Å². The summed E-state index contributed by atoms with van der Waals surface area (Å²) in [4.78, 5) is 0. The van der Waals surface area contributed by atoms with Crippen LogP contribution in [0.2, 0.25) is 0 Å². The molecule has 0 heterocycles. The largest absolute Gasteiger partial charge is 0.310 e. The summed E-state index contributed by atoms with van der Waals surface area (Å²) in [5.41, 5.74) is 2.14. The van der Waals surface area contributed by atoms with Gasteiger partial charge in [-0.3, -0.25) is 0 Å². The van der Waals surface area contributed by atoms with E-state index in [1.807, 2.05) is 6.07 Å². The van der Waals surface area contributed by atoms with Crippen molar-refractivity contribution in [1.82, 2.24) is 5.32 Å². The van der Waals surface area contributed by atoms with Gasteiger partial charge in [0.1, 0.15) is 5.82 Å². The van der Waals surface area contributed by atoms with E-state index in [2.05, 4.69) is 25.2 Å². The van der Waals surface area contributed by atoms with Gasteiger partial charge in [0.05, 0.1) is 0 Å². The Hall–Kier alpha value is -0.890. The average molecular weight is 221 g/mol. The molecule has 1 aliphatic rings. The minimum absolute atomic E-state index is 0.0230. The topological polar surface area (TPSA) is 12.0 Å². The summed E-state index contributed by atoms with van der Waals surface area (Å²) in [6.07, 6.45) is 3.20. The SMILES string of the molecule is CCCNC1CC(CC)c2c(F)cccc21. The molecular weight excluding hydrogens is 201 g/mol. The third-order valence-corrected chi connectivity index (χ3v) is 3.52. The van der Waals surface area contributed by atoms with E-state index < -0.39 is 0 Å². The molecule has 88 valence electrons. The van der Waals surface area contributed by atoms with E-state index in [-0.39, 0.29) is 5.82 Å². The zero-order chi connectivity index (χ0) is 11.5. The van der Waals surface area contributed by atoms with Crippen molar-refractivity contribution in [2.75, 3.05) is 6.54 Å². The molecule has 2 unspecified atom stereocenters. The number of benzene rings is 1. The van der Waals surface area contributed by atoms with Gasteiger partial charge in [-0.05, 0) is 48.9 Å². The van der Waals surface area contributed by atoms with Gasteiger partial charge < -0.3 is 5.32 Å². The maximum atomic E-state index is 13.8. The monoisotopic (exact) mass is 221 g/mol. The van der Waals surface area contributed by atoms with Crippen molar-refractivity contribution in [2.45, 2.75) is 45.1 Å². The maximum absolute atomic E-state index is 13.8. The first-order chi connectivity index (χ1) is 7.77. The van der Waals surface area contributed by atoms with Crippen molar-refractivity contribution in [3.8, 4) is 0 Å². The molecule has 0 radical (unpaired) electrons. The molecule has 1 nitrogen and oxygen atoms in total. The Kier molecular flexibility index (Phi) is 3.59. The van der Waals surface area contributed by atoms with Gasteiger partial charge in [0.2, 0.25) is 0 Å². The molecule has 0 bridgehead atoms. The lowest BCUT2D eigenvalue weighted by molar-refractivity contribution is 0.484. The molecule has 16 heavy (non-hydrogen) atoms. The summed E-state index contributed by atoms with van der Waals surface area (Å²) >= 11 is 0. The second kappa shape index (κ2) is 4.96. The molecule has 2 heteroatoms. The van der Waals surface area contributed by atoms with Gasteiger partial charge in [-0.15, -0.1) is 0 Å². The van der Waals surface area contributed by atoms with E-state index in [9.17, 15) is 4.39 Å². The number of fused-ring (bicyclic) bond motifs is 1. The Morgan fingerprint density at radius 1 is 1.38 bits per heavy atom. The third kappa shape index (κ3) is 1.99. The molecular formula is C14H20FN. The molecule has 0 aromatic heterocycles. The van der Waals surface area contributed by atoms with E-state index in [1.165, 1.54) is 5.56 Å². The van der Waals surface area contributed by atoms with Crippen molar-refractivity contribution < 1.29 is 4.39 Å². The molecule has 2 atom stereocenters. The highest BCUT2D eigenvalue weighted by molar-refractivity contribution is 5.39. The van der Waals surface area contributed by atoms with Crippen LogP contribution in [0.4, 0.5) is 4.39 Å². The first-order valence-corrected chi connectivity index (χ1v) is 6.29. The molecule has 1 aliphatic carbocycles. The summed E-state index contributed by atoms with van der Waals surface area (Å²) in [5.74, 6) is 0.371. The summed E-state index contributed by atoms with van der Waals surface area (Å²) < 4.78 is 13.8. The van der Waals surface area contributed by atoms with E-state index in [0.717, 1.165) is 31.4 Å². The highest BCUT2D eigenvalue weighted by atomic mass is 19.1. The smallest absolute Gasteiger partial charge is 0.127 e. The predicted octanol–water partition coefficient (Wildman–Crippen LogP) is 3.76. The van der Waals surface area contributed by atoms with Crippen LogP contribution >= 0.6 is 0 Å². The van der Waals surface area contributed by atoms with E-state index >= 15 is 0 Å². The van der Waals surface area contributed by atoms with Gasteiger partial charge >= 0.3 is 0 Å². The molecule has 0 aliphatic heterocycles. The highest BCUT2D eigenvalue weighted by Crippen LogP contribution is 2.43. The maximum Gasteiger partial charge on any atom is 0.127 e. The first-order valence-electron chi connectivity index (χ1n) is 6.29. The minimum Gasteiger partial charge on any atom is -0.310 e. The molecule has 0 spiro atoms. The molecule has 0 saturated carbocycles. The summed E-state index contributed by atoms with van der Waals surface area (Å²) in [6.45, 7) is 5.31. The van der Waals surface area contributed by atoms with Gasteiger partial charge in [0.15, 0.2) is 0 Å². The lowest BCUT2D eigenvalue weighted by atomic mass is 9.98. The Morgan fingerprint density at radius 3 is 2.88 bits per heavy atom. The van der Waals surface area contributed by atoms with Crippen molar-refractivity contribution in [3.05, 3.63) is 35.1 Å². The van der Waals surface area contributed by atoms with Crippen LogP contribution in [0.25, 0.3) is 0 Å². The van der Waals surface area contributed by atoms with Crippen LogP contribution in [0.15, 0.2) is 18.2 Å². The van der Waals surface area contributed by atoms with E-state index in [0.29, 0.717) is 12.0 Å². The lowest BCUT2D eigenvalue weighted by Gasteiger charge is -2.13. The predicted molar refractivity (Wildman–Crippen MR) is 65.1 cm³/mol. The Morgan fingerprint density at radius 2 is 2.19 bits per heavy atom. The van der Waals surface area contributed by atoms with Crippen LogP contribution in [0.1, 0.15) is 56.2 Å². The van der Waals surface area contributed by atoms with Gasteiger partial charge in [0.25, 0.3) is 0 Å². The molecule has 1 N–H and O–H groups in total. The number of nitrogens with one attached hydrogen (secondary N) is 1. The van der Waals surface area contributed by atoms with Crippen LogP contribution < -0.4 is 5.32 Å². The Bertz CT molecular complexity index is 362. The highest BCUT2D eigenvalue weighted by Gasteiger charge is 2.31. The summed E-state index contributed by atoms with van der Waals surface area (Å²) in [7, 11) is 0. The zero-order valence-electron chi connectivity index (χ0n) is 10.1. The fraction of sp³-hybridized carbons (Fsp3) is 0.571. The standard InChI is InChI=1S/C14H20FN/c1-3-8-16-13-9-10(4-2)14-11(13)6-5-7-12(14)15/h5-7,10,13,16H,3-4,8-9H2,1-2H3. The van der Waals surface area contributed by atoms with Gasteiger partial charge in [0, 0.05) is 6.04 Å². The van der Waals surface area contributed by atoms with E-state index in [4.69, 9.17) is 0 Å². The second-order valence-electron chi connectivity index (χ2n) is 4.59. The molecule has 0 fully saturated rings. The van der Waals surface area contributed by atoms with Gasteiger partial charge in [-0.1, -0.05) is 26.0 Å². The summed E-state index contributed by atoms with van der Waals surface area (Å²) in [5, 5.41) is 3.51. The first kappa shape index (κ1) is 11.6. The summed E-state index contributed by atoms with van der Waals surface area (Å²) in [6, 6.07) is 5.84. The number of hydrogen-bond acceptors (Lipinski definition) is 1. The van der Waals surface area contributed by atoms with Crippen molar-refractivity contribution in [1.29, 1.82) is 0 Å². The number of rotatable bonds is 4. The van der Waals surface area contributed by atoms with Crippen LogP contribution in [0.3, 0.4) is 0 Å². The van der Waals surface area contributed by atoms with Crippen LogP contribution in [-0.4, -0.2) is 6.54 Å². The van der Waals surface area contributed by atoms with Crippen LogP contribution in [0, 0.1) is 5.82 Å². The normalized spacial score (nSPS) is 23.4. The third-order valence-electron chi connectivity index (χ3n) is 3.52. The molecule has 0 saturated heterocycles. The van der Waals surface area contributed by atoms with Crippen molar-refractivity contribution in [3.63, 3.8) is 0 Å². The second-order valence-corrected chi connectivity index (χ2v) is 4.59.